The van der Waals surface area contributed by atoms with Gasteiger partial charge in [0, 0.05) is 25.6 Å². The fraction of sp³-hybridized carbons (Fsp3) is 0.286. The molecule has 5 heteroatoms. The van der Waals surface area contributed by atoms with Gasteiger partial charge in [-0.3, -0.25) is 0 Å². The molecule has 0 radical (unpaired) electrons. The Hall–Kier alpha value is -2.60. The van der Waals surface area contributed by atoms with E-state index >= 15 is 0 Å². The topological polar surface area (TPSA) is 18.5 Å². The van der Waals surface area contributed by atoms with Crippen molar-refractivity contribution in [1.29, 1.82) is 0 Å². The molecule has 5 aromatic rings. The fourth-order valence-corrected chi connectivity index (χ4v) is 16.8. The summed E-state index contributed by atoms with van der Waals surface area (Å²) < 4.78 is 13.9. The van der Waals surface area contributed by atoms with Crippen LogP contribution in [0.3, 0.4) is 0 Å². The number of hydrogen-bond acceptors (Lipinski definition) is 2. The minimum Gasteiger partial charge on any atom is -1.00 e. The summed E-state index contributed by atoms with van der Waals surface area (Å²) in [4.78, 5) is 0. The van der Waals surface area contributed by atoms with Crippen LogP contribution in [0.25, 0.3) is 0 Å². The molecule has 0 heterocycles. The molecule has 5 rings (SSSR count). The van der Waals surface area contributed by atoms with Gasteiger partial charge < -0.3 is 33.1 Å². The number of hydrogen-bond donors (Lipinski definition) is 0. The van der Waals surface area contributed by atoms with Crippen LogP contribution in [-0.4, -0.2) is 34.3 Å². The average Bonchev–Trinajstić information content (AvgIpc) is 3.09. The zero-order valence-electron chi connectivity index (χ0n) is 28.7. The molecule has 0 fully saturated rings. The van der Waals surface area contributed by atoms with E-state index < -0.39 is 15.6 Å². The first kappa shape index (κ1) is 37.2. The summed E-state index contributed by atoms with van der Waals surface area (Å²) in [7, 11) is -2.78. The van der Waals surface area contributed by atoms with Gasteiger partial charge in [-0.15, -0.1) is 0 Å². The van der Waals surface area contributed by atoms with Crippen LogP contribution in [0.4, 0.5) is 0 Å². The lowest BCUT2D eigenvalue weighted by Gasteiger charge is -2.44. The van der Waals surface area contributed by atoms with Crippen LogP contribution in [0.15, 0.2) is 152 Å². The Bertz CT molecular complexity index is 1480. The van der Waals surface area contributed by atoms with E-state index in [0.717, 1.165) is 6.16 Å². The van der Waals surface area contributed by atoms with Gasteiger partial charge in [-0.05, 0) is 51.8 Å². The van der Waals surface area contributed by atoms with Gasteiger partial charge in [0.15, 0.2) is 0 Å². The number of rotatable bonds is 13. The van der Waals surface area contributed by atoms with Crippen molar-refractivity contribution in [3.05, 3.63) is 152 Å². The first-order valence-electron chi connectivity index (χ1n) is 16.6. The van der Waals surface area contributed by atoms with Crippen molar-refractivity contribution < 1.29 is 33.1 Å². The smallest absolute Gasteiger partial charge is 0.261 e. The van der Waals surface area contributed by atoms with Gasteiger partial charge in [0.25, 0.3) is 8.32 Å². The minimum atomic E-state index is -2.66. The van der Waals surface area contributed by atoms with E-state index in [-0.39, 0.29) is 47.0 Å². The van der Waals surface area contributed by atoms with E-state index in [0.29, 0.717) is 6.61 Å². The second-order valence-corrected chi connectivity index (χ2v) is 21.5. The molecule has 0 spiro atoms. The standard InChI is InChI=1S/C42H50O2PSi.HI/c1-34(32-44-46(42(3,4)5,39-28-18-10-19-29-39)40-30-20-11-21-31-40)41(43-6)35(2)33-45(36-22-12-7-13-23-36,37-24-14-8-15-25-37)38-26-16-9-17-27-38;/h7-31,34-35,41H,32-33H2,1-6H3;1H/q+1;/p-1/t34-,35-,41+;/m0./s1. The van der Waals surface area contributed by atoms with Gasteiger partial charge in [-0.2, -0.15) is 0 Å². The maximum atomic E-state index is 7.41. The van der Waals surface area contributed by atoms with Gasteiger partial charge in [0.05, 0.1) is 12.3 Å². The number of benzene rings is 5. The Kier molecular flexibility index (Phi) is 13.2. The SMILES string of the molecule is CO[C@H]([C@@H](C)CO[Si](c1ccccc1)(c1ccccc1)C(C)(C)C)[C@@H](C)C[P+](c1ccccc1)(c1ccccc1)c1ccccc1.[I-]. The molecule has 3 atom stereocenters. The Morgan fingerprint density at radius 3 is 1.21 bits per heavy atom. The second kappa shape index (κ2) is 16.7. The molecule has 0 aliphatic heterocycles. The molecule has 2 nitrogen and oxygen atoms in total. The molecule has 246 valence electrons. The van der Waals surface area contributed by atoms with Crippen LogP contribution in [0.5, 0.6) is 0 Å². The maximum Gasteiger partial charge on any atom is 0.261 e. The summed E-state index contributed by atoms with van der Waals surface area (Å²) >= 11 is 0. The first-order chi connectivity index (χ1) is 22.2. The Labute approximate surface area is 302 Å². The van der Waals surface area contributed by atoms with Gasteiger partial charge in [-0.25, -0.2) is 0 Å². The van der Waals surface area contributed by atoms with Crippen molar-refractivity contribution in [2.24, 2.45) is 11.8 Å². The van der Waals surface area contributed by atoms with Crippen molar-refractivity contribution in [2.45, 2.75) is 45.8 Å². The molecule has 0 bridgehead atoms. The van der Waals surface area contributed by atoms with E-state index in [2.05, 4.69) is 186 Å². The zero-order valence-corrected chi connectivity index (χ0v) is 32.8. The number of ether oxygens (including phenoxy) is 1. The lowest BCUT2D eigenvalue weighted by molar-refractivity contribution is -0.0000161. The first-order valence-corrected chi connectivity index (χ1v) is 20.4. The molecule has 0 unspecified atom stereocenters. The van der Waals surface area contributed by atoms with E-state index in [9.17, 15) is 0 Å². The molecule has 0 aliphatic rings. The maximum absolute atomic E-state index is 7.41. The number of halogens is 1. The van der Waals surface area contributed by atoms with Crippen molar-refractivity contribution in [3.63, 3.8) is 0 Å². The highest BCUT2D eigenvalue weighted by atomic mass is 127. The molecule has 0 aliphatic carbocycles. The van der Waals surface area contributed by atoms with E-state index in [1.165, 1.54) is 26.3 Å². The summed E-state index contributed by atoms with van der Waals surface area (Å²) in [5.41, 5.74) is 0. The van der Waals surface area contributed by atoms with Crippen LogP contribution in [-0.2, 0) is 9.16 Å². The molecular weight excluding hydrogens is 722 g/mol. The highest BCUT2D eigenvalue weighted by Gasteiger charge is 2.51. The van der Waals surface area contributed by atoms with E-state index in [1.807, 2.05) is 7.11 Å². The summed E-state index contributed by atoms with van der Waals surface area (Å²) in [6.45, 7) is 12.4. The second-order valence-electron chi connectivity index (χ2n) is 13.6. The summed E-state index contributed by atoms with van der Waals surface area (Å²) in [5, 5.41) is 6.77. The molecule has 0 amide bonds. The third kappa shape index (κ3) is 7.84. The number of methoxy groups -OCH3 is 1. The Morgan fingerprint density at radius 2 is 0.894 bits per heavy atom. The molecule has 5 aromatic carbocycles. The van der Waals surface area contributed by atoms with Gasteiger partial charge in [-0.1, -0.05) is 150 Å². The van der Waals surface area contributed by atoms with Crippen molar-refractivity contribution in [3.8, 4) is 0 Å². The van der Waals surface area contributed by atoms with Crippen molar-refractivity contribution in [1.82, 2.24) is 0 Å². The predicted octanol–water partition coefficient (Wildman–Crippen LogP) is 4.85. The molecule has 0 saturated carbocycles. The fourth-order valence-electron chi connectivity index (χ4n) is 7.49. The summed E-state index contributed by atoms with van der Waals surface area (Å²) in [6, 6.07) is 55.4. The van der Waals surface area contributed by atoms with Gasteiger partial charge in [0.2, 0.25) is 0 Å². The zero-order chi connectivity index (χ0) is 32.6. The summed E-state index contributed by atoms with van der Waals surface area (Å²) in [5.74, 6) is 0.461. The van der Waals surface area contributed by atoms with Crippen LogP contribution < -0.4 is 50.3 Å². The minimum absolute atomic E-state index is 0. The van der Waals surface area contributed by atoms with Gasteiger partial charge in [0.1, 0.15) is 23.2 Å². The normalized spacial score (nSPS) is 14.1. The Morgan fingerprint density at radius 1 is 0.553 bits per heavy atom. The van der Waals surface area contributed by atoms with Gasteiger partial charge >= 0.3 is 0 Å². The third-order valence-corrected chi connectivity index (χ3v) is 19.2. The van der Waals surface area contributed by atoms with Crippen LogP contribution in [0.2, 0.25) is 5.04 Å². The largest absolute Gasteiger partial charge is 1.00 e. The van der Waals surface area contributed by atoms with Crippen molar-refractivity contribution in [2.75, 3.05) is 19.9 Å². The average molecular weight is 773 g/mol. The third-order valence-electron chi connectivity index (χ3n) is 9.53. The van der Waals surface area contributed by atoms with Crippen LogP contribution >= 0.6 is 7.26 Å². The lowest BCUT2D eigenvalue weighted by Crippen LogP contribution is -3.00. The molecule has 0 saturated heterocycles. The van der Waals surface area contributed by atoms with Crippen LogP contribution in [0, 0.1) is 11.8 Å². The Balaban J connectivity index is 0.00000500. The highest BCUT2D eigenvalue weighted by Crippen LogP contribution is 2.57. The predicted molar refractivity (Wildman–Crippen MR) is 203 cm³/mol. The highest BCUT2D eigenvalue weighted by molar-refractivity contribution is 7.95. The van der Waals surface area contributed by atoms with E-state index in [1.54, 1.807) is 0 Å². The summed E-state index contributed by atoms with van der Waals surface area (Å²) in [6.07, 6.45) is 1.03. The van der Waals surface area contributed by atoms with E-state index in [4.69, 9.17) is 9.16 Å². The lowest BCUT2D eigenvalue weighted by atomic mass is 9.95. The van der Waals surface area contributed by atoms with Crippen molar-refractivity contribution >= 4 is 41.9 Å². The van der Waals surface area contributed by atoms with Crippen LogP contribution in [0.1, 0.15) is 34.6 Å². The molecule has 47 heavy (non-hydrogen) atoms. The molecule has 0 N–H and O–H groups in total. The quantitative estimate of drug-likeness (QED) is 0.0970. The molecular formula is C42H50IO2PSi. The monoisotopic (exact) mass is 772 g/mol. The molecule has 0 aromatic heterocycles.